The molecule has 3 N–H and O–H groups in total. The topological polar surface area (TPSA) is 141 Å². The van der Waals surface area contributed by atoms with Crippen LogP contribution in [0.1, 0.15) is 27.3 Å². The third-order valence-electron chi connectivity index (χ3n) is 2.58. The number of nitrogens with one attached hydrogen (secondary N) is 1. The average Bonchev–Trinajstić information content (AvgIpc) is 2.59. The van der Waals surface area contributed by atoms with E-state index in [4.69, 9.17) is 16.3 Å². The number of amides is 1. The fraction of sp³-hybridized carbons (Fsp3) is 0. The number of carbonyl (C=O) groups excluding carboxylic acids is 1. The van der Waals surface area contributed by atoms with Crippen molar-refractivity contribution < 1.29 is 4.79 Å². The summed E-state index contributed by atoms with van der Waals surface area (Å²) >= 11 is 0. The van der Waals surface area contributed by atoms with Crippen molar-refractivity contribution in [3.05, 3.63) is 59.2 Å². The van der Waals surface area contributed by atoms with Gasteiger partial charge in [-0.3, -0.25) is 4.79 Å². The molecule has 0 radical (unpaired) electrons. The number of nitrogens with zero attached hydrogens (tertiary/aromatic N) is 5. The molecule has 0 bridgehead atoms. The van der Waals surface area contributed by atoms with Gasteiger partial charge in [-0.25, -0.2) is 15.4 Å². The Labute approximate surface area is 125 Å². The van der Waals surface area contributed by atoms with E-state index in [0.717, 1.165) is 0 Å². The maximum atomic E-state index is 11.9. The molecule has 1 amide bonds. The van der Waals surface area contributed by atoms with Gasteiger partial charge < -0.3 is 5.73 Å². The van der Waals surface area contributed by atoms with Crippen LogP contribution in [0.4, 0.5) is 0 Å². The molecule has 2 heterocycles. The molecule has 0 fully saturated rings. The number of amidine groups is 1. The molecule has 22 heavy (non-hydrogen) atoms. The van der Waals surface area contributed by atoms with Crippen LogP contribution < -0.4 is 11.2 Å². The van der Waals surface area contributed by atoms with Gasteiger partial charge in [0, 0.05) is 23.5 Å². The maximum absolute atomic E-state index is 11.9. The molecule has 0 saturated carbocycles. The van der Waals surface area contributed by atoms with Gasteiger partial charge in [0.1, 0.15) is 23.5 Å². The molecule has 0 saturated heterocycles. The number of pyridine rings is 2. The zero-order valence-corrected chi connectivity index (χ0v) is 11.2. The third kappa shape index (κ3) is 3.40. The van der Waals surface area contributed by atoms with Gasteiger partial charge in [0.2, 0.25) is 0 Å². The zero-order chi connectivity index (χ0) is 15.9. The molecular formula is C14H9N7O. The summed E-state index contributed by atoms with van der Waals surface area (Å²) in [6, 6.07) is 9.51. The first kappa shape index (κ1) is 14.6. The van der Waals surface area contributed by atoms with Crippen molar-refractivity contribution in [2.75, 3.05) is 0 Å². The first-order valence-corrected chi connectivity index (χ1v) is 6.00. The van der Waals surface area contributed by atoms with Gasteiger partial charge in [-0.15, -0.1) is 0 Å². The van der Waals surface area contributed by atoms with E-state index in [1.54, 1.807) is 6.07 Å². The van der Waals surface area contributed by atoms with Crippen molar-refractivity contribution in [1.82, 2.24) is 15.4 Å². The van der Waals surface area contributed by atoms with Gasteiger partial charge in [0.25, 0.3) is 5.91 Å². The molecule has 0 aliphatic carbocycles. The van der Waals surface area contributed by atoms with Crippen molar-refractivity contribution in [1.29, 1.82) is 10.5 Å². The molecule has 2 rings (SSSR count). The average molecular weight is 291 g/mol. The Balaban J connectivity index is 2.15. The molecule has 0 atom stereocenters. The number of nitrogens with two attached hydrogens (primary N) is 1. The van der Waals surface area contributed by atoms with Gasteiger partial charge in [-0.05, 0) is 24.3 Å². The van der Waals surface area contributed by atoms with Crippen LogP contribution in [0, 0.1) is 22.7 Å². The monoisotopic (exact) mass is 291 g/mol. The number of hydrazone groups is 1. The fourth-order valence-electron chi connectivity index (χ4n) is 1.52. The summed E-state index contributed by atoms with van der Waals surface area (Å²) < 4.78 is 0. The molecule has 8 nitrogen and oxygen atoms in total. The van der Waals surface area contributed by atoms with Gasteiger partial charge in [0.05, 0.1) is 0 Å². The van der Waals surface area contributed by atoms with E-state index in [0.29, 0.717) is 5.56 Å². The lowest BCUT2D eigenvalue weighted by Gasteiger charge is -2.03. The summed E-state index contributed by atoms with van der Waals surface area (Å²) in [4.78, 5) is 19.5. The summed E-state index contributed by atoms with van der Waals surface area (Å²) in [5.74, 6) is -0.502. The van der Waals surface area contributed by atoms with Crippen molar-refractivity contribution in [3.8, 4) is 12.1 Å². The summed E-state index contributed by atoms with van der Waals surface area (Å²) in [6.45, 7) is 0. The quantitative estimate of drug-likeness (QED) is 0.472. The highest BCUT2D eigenvalue weighted by molar-refractivity contribution is 6.00. The lowest BCUT2D eigenvalue weighted by Crippen LogP contribution is -2.24. The SMILES string of the molecule is N#Cc1cc(C(=O)NN=C(N)c2ccnc(C#N)c2)ccn1. The lowest BCUT2D eigenvalue weighted by atomic mass is 10.2. The molecule has 0 aromatic carbocycles. The summed E-state index contributed by atoms with van der Waals surface area (Å²) in [6.07, 6.45) is 2.77. The molecule has 0 spiro atoms. The standard InChI is InChI=1S/C14H9N7O/c15-7-11-5-9(1-3-18-11)13(17)20-21-14(22)10-2-4-19-12(6-10)8-16/h1-6H,(H2,17,20)(H,21,22). The highest BCUT2D eigenvalue weighted by Crippen LogP contribution is 2.02. The molecule has 2 aromatic rings. The Bertz CT molecular complexity index is 830. The van der Waals surface area contributed by atoms with Crippen LogP contribution in [-0.2, 0) is 0 Å². The van der Waals surface area contributed by atoms with E-state index in [-0.39, 0.29) is 22.8 Å². The van der Waals surface area contributed by atoms with Crippen LogP contribution in [0.25, 0.3) is 0 Å². The van der Waals surface area contributed by atoms with E-state index in [1.807, 2.05) is 12.1 Å². The second-order valence-electron chi connectivity index (χ2n) is 4.02. The van der Waals surface area contributed by atoms with Crippen LogP contribution in [0.5, 0.6) is 0 Å². The van der Waals surface area contributed by atoms with Crippen LogP contribution in [0.3, 0.4) is 0 Å². The Morgan fingerprint density at radius 1 is 1.09 bits per heavy atom. The van der Waals surface area contributed by atoms with Crippen molar-refractivity contribution >= 4 is 11.7 Å². The van der Waals surface area contributed by atoms with E-state index in [2.05, 4.69) is 20.5 Å². The van der Waals surface area contributed by atoms with Gasteiger partial charge in [-0.2, -0.15) is 15.6 Å². The van der Waals surface area contributed by atoms with Crippen LogP contribution in [0.15, 0.2) is 41.8 Å². The fourth-order valence-corrected chi connectivity index (χ4v) is 1.52. The molecule has 0 aliphatic rings. The number of hydrogen-bond donors (Lipinski definition) is 2. The molecule has 0 unspecified atom stereocenters. The van der Waals surface area contributed by atoms with Crippen molar-refractivity contribution in [2.45, 2.75) is 0 Å². The predicted octanol–water partition coefficient (Wildman–Crippen LogP) is 0.270. The minimum absolute atomic E-state index is 0.0295. The Morgan fingerprint density at radius 2 is 1.64 bits per heavy atom. The Morgan fingerprint density at radius 3 is 2.23 bits per heavy atom. The molecular weight excluding hydrogens is 282 g/mol. The number of hydrogen-bond acceptors (Lipinski definition) is 6. The summed E-state index contributed by atoms with van der Waals surface area (Å²) in [5, 5.41) is 21.3. The van der Waals surface area contributed by atoms with E-state index < -0.39 is 5.91 Å². The van der Waals surface area contributed by atoms with Crippen LogP contribution in [0.2, 0.25) is 0 Å². The first-order chi connectivity index (χ1) is 10.6. The first-order valence-electron chi connectivity index (χ1n) is 6.00. The normalized spacial score (nSPS) is 10.4. The highest BCUT2D eigenvalue weighted by Gasteiger charge is 2.07. The number of nitriles is 2. The van der Waals surface area contributed by atoms with Gasteiger partial charge >= 0.3 is 0 Å². The smallest absolute Gasteiger partial charge is 0.271 e. The van der Waals surface area contributed by atoms with Crippen LogP contribution >= 0.6 is 0 Å². The largest absolute Gasteiger partial charge is 0.382 e. The van der Waals surface area contributed by atoms with Gasteiger partial charge in [-0.1, -0.05) is 0 Å². The molecule has 106 valence electrons. The van der Waals surface area contributed by atoms with E-state index in [1.165, 1.54) is 30.6 Å². The number of rotatable bonds is 3. The summed E-state index contributed by atoms with van der Waals surface area (Å²) in [7, 11) is 0. The van der Waals surface area contributed by atoms with Crippen LogP contribution in [-0.4, -0.2) is 21.7 Å². The van der Waals surface area contributed by atoms with Crippen molar-refractivity contribution in [3.63, 3.8) is 0 Å². The summed E-state index contributed by atoms with van der Waals surface area (Å²) in [5.41, 5.74) is 9.01. The van der Waals surface area contributed by atoms with E-state index in [9.17, 15) is 4.79 Å². The Kier molecular flexibility index (Phi) is 4.38. The second-order valence-corrected chi connectivity index (χ2v) is 4.02. The van der Waals surface area contributed by atoms with Gasteiger partial charge in [0.15, 0.2) is 5.84 Å². The molecule has 2 aromatic heterocycles. The highest BCUT2D eigenvalue weighted by atomic mass is 16.2. The molecule has 0 aliphatic heterocycles. The number of carbonyl (C=O) groups is 1. The van der Waals surface area contributed by atoms with Crippen molar-refractivity contribution in [2.24, 2.45) is 10.8 Å². The maximum Gasteiger partial charge on any atom is 0.271 e. The third-order valence-corrected chi connectivity index (χ3v) is 2.58. The second kappa shape index (κ2) is 6.59. The minimum atomic E-state index is -0.531. The van der Waals surface area contributed by atoms with E-state index >= 15 is 0 Å². The number of aromatic nitrogens is 2. The zero-order valence-electron chi connectivity index (χ0n) is 11.2. The Hall–Kier alpha value is -3.78. The lowest BCUT2D eigenvalue weighted by molar-refractivity contribution is 0.0954. The minimum Gasteiger partial charge on any atom is -0.382 e. The molecule has 8 heteroatoms. The predicted molar refractivity (Wildman–Crippen MR) is 76.1 cm³/mol.